The predicted molar refractivity (Wildman–Crippen MR) is 180 cm³/mol. The van der Waals surface area contributed by atoms with Crippen molar-refractivity contribution in [3.63, 3.8) is 0 Å². The zero-order valence-electron chi connectivity index (χ0n) is 28.0. The van der Waals surface area contributed by atoms with E-state index in [4.69, 9.17) is 19.9 Å². The van der Waals surface area contributed by atoms with E-state index in [0.29, 0.717) is 29.0 Å². The number of benzene rings is 3. The first-order valence-electron chi connectivity index (χ1n) is 16.3. The normalized spacial score (nSPS) is 20.9. The molecule has 2 heterocycles. The van der Waals surface area contributed by atoms with Crippen molar-refractivity contribution >= 4 is 34.1 Å². The van der Waals surface area contributed by atoms with Crippen molar-refractivity contribution in [1.29, 1.82) is 0 Å². The quantitative estimate of drug-likeness (QED) is 0.161. The van der Waals surface area contributed by atoms with Crippen LogP contribution in [0.5, 0.6) is 23.1 Å². The minimum absolute atomic E-state index is 0.0799. The van der Waals surface area contributed by atoms with Crippen molar-refractivity contribution in [3.05, 3.63) is 72.6 Å². The summed E-state index contributed by atoms with van der Waals surface area (Å²) in [6.07, 6.45) is 2.16. The number of methoxy groups -OCH3 is 1. The van der Waals surface area contributed by atoms with E-state index in [9.17, 15) is 14.0 Å². The first kappa shape index (κ1) is 34.0. The fourth-order valence-corrected chi connectivity index (χ4v) is 6.63. The topological polar surface area (TPSA) is 123 Å². The SMILES string of the molecule is COc1cc2c(Oc3ccc(N(C(=O)C4(C(N)=O)[C@H](C)[C@@H]4C)c4ccc(F)cc4)cc3F)ncnc2cc1OCCCN1CCN(C)CC1. The molecule has 6 rings (SSSR count). The Morgan fingerprint density at radius 1 is 0.939 bits per heavy atom. The number of hydrogen-bond donors (Lipinski definition) is 1. The Balaban J connectivity index is 1.23. The molecule has 2 amide bonds. The third-order valence-corrected chi connectivity index (χ3v) is 9.86. The van der Waals surface area contributed by atoms with Gasteiger partial charge in [-0.1, -0.05) is 13.8 Å². The third kappa shape index (κ3) is 6.60. The molecule has 258 valence electrons. The molecule has 2 aliphatic rings. The zero-order valence-corrected chi connectivity index (χ0v) is 28.0. The number of amides is 2. The number of nitrogens with zero attached hydrogens (tertiary/aromatic N) is 5. The second kappa shape index (κ2) is 13.9. The number of ether oxygens (including phenoxy) is 3. The molecule has 1 unspecified atom stereocenters. The van der Waals surface area contributed by atoms with Gasteiger partial charge in [0.25, 0.3) is 0 Å². The number of rotatable bonds is 12. The molecule has 1 aromatic heterocycles. The Labute approximate surface area is 283 Å². The second-order valence-electron chi connectivity index (χ2n) is 12.7. The van der Waals surface area contributed by atoms with Crippen molar-refractivity contribution in [2.24, 2.45) is 23.0 Å². The fourth-order valence-electron chi connectivity index (χ4n) is 6.63. The van der Waals surface area contributed by atoms with E-state index in [1.54, 1.807) is 26.0 Å². The van der Waals surface area contributed by atoms with Crippen LogP contribution in [0.15, 0.2) is 60.9 Å². The highest BCUT2D eigenvalue weighted by atomic mass is 19.1. The minimum Gasteiger partial charge on any atom is -0.493 e. The smallest absolute Gasteiger partial charge is 0.247 e. The predicted octanol–water partition coefficient (Wildman–Crippen LogP) is 5.15. The molecular weight excluding hydrogens is 634 g/mol. The van der Waals surface area contributed by atoms with Crippen LogP contribution in [-0.2, 0) is 9.59 Å². The Kier molecular flexibility index (Phi) is 9.66. The second-order valence-corrected chi connectivity index (χ2v) is 12.7. The van der Waals surface area contributed by atoms with Gasteiger partial charge >= 0.3 is 0 Å². The average molecular weight is 675 g/mol. The summed E-state index contributed by atoms with van der Waals surface area (Å²) in [5, 5.41) is 0.468. The maximum absolute atomic E-state index is 15.8. The van der Waals surface area contributed by atoms with E-state index in [2.05, 4.69) is 26.8 Å². The van der Waals surface area contributed by atoms with E-state index in [0.717, 1.165) is 45.2 Å². The summed E-state index contributed by atoms with van der Waals surface area (Å²) in [6, 6.07) is 12.5. The van der Waals surface area contributed by atoms with Crippen LogP contribution in [0.2, 0.25) is 0 Å². The third-order valence-electron chi connectivity index (χ3n) is 9.86. The lowest BCUT2D eigenvalue weighted by molar-refractivity contribution is -0.134. The van der Waals surface area contributed by atoms with Gasteiger partial charge in [0.05, 0.1) is 30.3 Å². The highest BCUT2D eigenvalue weighted by molar-refractivity contribution is 6.17. The summed E-state index contributed by atoms with van der Waals surface area (Å²) in [4.78, 5) is 41.1. The van der Waals surface area contributed by atoms with Crippen LogP contribution in [-0.4, -0.2) is 85.1 Å². The van der Waals surface area contributed by atoms with E-state index >= 15 is 4.39 Å². The number of nitrogens with two attached hydrogens (primary N) is 1. The molecule has 0 radical (unpaired) electrons. The van der Waals surface area contributed by atoms with Crippen LogP contribution >= 0.6 is 0 Å². The number of anilines is 2. The number of carbonyl (C=O) groups excluding carboxylic acids is 2. The zero-order chi connectivity index (χ0) is 34.9. The van der Waals surface area contributed by atoms with Gasteiger partial charge in [0.15, 0.2) is 23.1 Å². The molecule has 2 fully saturated rings. The standard InChI is InChI=1S/C36H40F2N6O5/c1-22-23(2)36(22,34(39)45)35(46)44(25-8-6-24(37)7-9-25)26-10-11-30(28(38)18-26)49-33-27-19-31(47-4)32(20-29(27)40-21-41-33)48-17-5-12-43-15-13-42(3)14-16-43/h6-11,18-23H,5,12-17H2,1-4H3,(H2,39,45)/t22-,23+,36?. The molecule has 11 nitrogen and oxygen atoms in total. The summed E-state index contributed by atoms with van der Waals surface area (Å²) in [6.45, 7) is 9.16. The number of carbonyl (C=O) groups is 2. The summed E-state index contributed by atoms with van der Waals surface area (Å²) in [5.74, 6) is -2.49. The summed E-state index contributed by atoms with van der Waals surface area (Å²) < 4.78 is 47.2. The molecule has 13 heteroatoms. The molecule has 3 aromatic carbocycles. The van der Waals surface area contributed by atoms with E-state index < -0.39 is 28.9 Å². The molecule has 0 bridgehead atoms. The first-order valence-corrected chi connectivity index (χ1v) is 16.3. The van der Waals surface area contributed by atoms with E-state index in [-0.39, 0.29) is 34.8 Å². The number of aromatic nitrogens is 2. The molecule has 49 heavy (non-hydrogen) atoms. The number of halogens is 2. The van der Waals surface area contributed by atoms with Gasteiger partial charge in [-0.25, -0.2) is 18.7 Å². The van der Waals surface area contributed by atoms with Gasteiger partial charge < -0.3 is 29.7 Å². The molecule has 1 saturated carbocycles. The van der Waals surface area contributed by atoms with Crippen molar-refractivity contribution in [3.8, 4) is 23.1 Å². The van der Waals surface area contributed by atoms with Gasteiger partial charge in [-0.3, -0.25) is 14.5 Å². The van der Waals surface area contributed by atoms with Crippen molar-refractivity contribution in [1.82, 2.24) is 19.8 Å². The maximum atomic E-state index is 15.8. The number of piperazine rings is 1. The highest BCUT2D eigenvalue weighted by Gasteiger charge is 2.70. The number of hydrogen-bond acceptors (Lipinski definition) is 9. The molecule has 4 aromatic rings. The van der Waals surface area contributed by atoms with Crippen molar-refractivity contribution < 1.29 is 32.6 Å². The number of fused-ring (bicyclic) bond motifs is 1. The monoisotopic (exact) mass is 674 g/mol. The number of primary amides is 1. The molecule has 3 atom stereocenters. The molecule has 1 aliphatic carbocycles. The Morgan fingerprint density at radius 2 is 1.63 bits per heavy atom. The van der Waals surface area contributed by atoms with Crippen molar-refractivity contribution in [2.45, 2.75) is 20.3 Å². The van der Waals surface area contributed by atoms with Gasteiger partial charge in [-0.2, -0.15) is 0 Å². The van der Waals surface area contributed by atoms with Crippen LogP contribution in [0, 0.1) is 28.9 Å². The average Bonchev–Trinajstić information content (AvgIpc) is 3.65. The summed E-state index contributed by atoms with van der Waals surface area (Å²) in [5.41, 5.74) is 5.12. The summed E-state index contributed by atoms with van der Waals surface area (Å²) >= 11 is 0. The Hall–Kier alpha value is -4.88. The lowest BCUT2D eigenvalue weighted by atomic mass is 9.98. The molecule has 1 saturated heterocycles. The largest absolute Gasteiger partial charge is 0.493 e. The van der Waals surface area contributed by atoms with Gasteiger partial charge in [0, 0.05) is 50.5 Å². The molecular formula is C36H40F2N6O5. The Bertz CT molecular complexity index is 1840. The van der Waals surface area contributed by atoms with Crippen LogP contribution in [0.4, 0.5) is 20.2 Å². The Morgan fingerprint density at radius 3 is 2.27 bits per heavy atom. The van der Waals surface area contributed by atoms with Crippen LogP contribution in [0.25, 0.3) is 10.9 Å². The molecule has 1 aliphatic heterocycles. The van der Waals surface area contributed by atoms with Gasteiger partial charge in [-0.15, -0.1) is 0 Å². The van der Waals surface area contributed by atoms with Gasteiger partial charge in [0.1, 0.15) is 17.6 Å². The van der Waals surface area contributed by atoms with Gasteiger partial charge in [-0.05, 0) is 67.8 Å². The number of likely N-dealkylation sites (N-methyl/N-ethyl adjacent to an activating group) is 1. The lowest BCUT2D eigenvalue weighted by Gasteiger charge is -2.32. The van der Waals surface area contributed by atoms with E-state index in [1.165, 1.54) is 54.7 Å². The minimum atomic E-state index is -1.48. The van der Waals surface area contributed by atoms with Crippen LogP contribution in [0.3, 0.4) is 0 Å². The molecule has 2 N–H and O–H groups in total. The summed E-state index contributed by atoms with van der Waals surface area (Å²) in [7, 11) is 3.66. The first-order chi connectivity index (χ1) is 23.5. The van der Waals surface area contributed by atoms with Crippen LogP contribution in [0.1, 0.15) is 20.3 Å². The van der Waals surface area contributed by atoms with Crippen LogP contribution < -0.4 is 24.8 Å². The highest BCUT2D eigenvalue weighted by Crippen LogP contribution is 2.60. The molecule has 0 spiro atoms. The van der Waals surface area contributed by atoms with Gasteiger partial charge in [0.2, 0.25) is 17.7 Å². The maximum Gasteiger partial charge on any atom is 0.247 e. The fraction of sp³-hybridized carbons (Fsp3) is 0.389. The lowest BCUT2D eigenvalue weighted by Crippen LogP contribution is -2.44. The van der Waals surface area contributed by atoms with E-state index in [1.807, 2.05) is 0 Å². The van der Waals surface area contributed by atoms with Crippen molar-refractivity contribution in [2.75, 3.05) is 58.4 Å².